The van der Waals surface area contributed by atoms with Gasteiger partial charge in [-0.25, -0.2) is 9.50 Å². The molecule has 2 aromatic heterocycles. The number of carbonyl (C=O) groups excluding carboxylic acids is 1. The van der Waals surface area contributed by atoms with Crippen LogP contribution in [0.25, 0.3) is 5.65 Å². The molecule has 0 bridgehead atoms. The van der Waals surface area contributed by atoms with Crippen LogP contribution < -0.4 is 0 Å². The molecule has 1 aliphatic rings. The number of fused-ring (bicyclic) bond motifs is 1. The molecule has 1 amide bonds. The highest BCUT2D eigenvalue weighted by molar-refractivity contribution is 5.95. The van der Waals surface area contributed by atoms with Gasteiger partial charge in [0.25, 0.3) is 5.91 Å². The van der Waals surface area contributed by atoms with E-state index in [1.165, 1.54) is 0 Å². The summed E-state index contributed by atoms with van der Waals surface area (Å²) in [4.78, 5) is 18.4. The molecule has 0 saturated carbocycles. The smallest absolute Gasteiger partial charge is 0.257 e. The number of hydrogen-bond acceptors (Lipinski definition) is 4. The van der Waals surface area contributed by atoms with Gasteiger partial charge >= 0.3 is 0 Å². The molecular formula is C14H18N4O2. The maximum absolute atomic E-state index is 12.4. The van der Waals surface area contributed by atoms with Gasteiger partial charge in [0.1, 0.15) is 0 Å². The van der Waals surface area contributed by atoms with Gasteiger partial charge in [0.15, 0.2) is 5.65 Å². The quantitative estimate of drug-likeness (QED) is 0.885. The lowest BCUT2D eigenvalue weighted by molar-refractivity contribution is -0.0827. The number of β-amino-alcohol motifs (C(OH)–C–C–N with tert-alkyl or cyclic N) is 1. The van der Waals surface area contributed by atoms with Crippen LogP contribution in [0.3, 0.4) is 0 Å². The molecule has 0 aromatic carbocycles. The van der Waals surface area contributed by atoms with Crippen molar-refractivity contribution in [3.05, 3.63) is 29.2 Å². The monoisotopic (exact) mass is 274 g/mol. The van der Waals surface area contributed by atoms with Crippen LogP contribution in [0.1, 0.15) is 35.1 Å². The molecule has 0 unspecified atom stereocenters. The largest absolute Gasteiger partial charge is 0.386 e. The molecule has 106 valence electrons. The zero-order chi connectivity index (χ0) is 14.5. The SMILES string of the molecule is CCC1(O)CN(C(=O)c2cnc3cc(C)nn3c2C)C1. The molecule has 20 heavy (non-hydrogen) atoms. The number of aryl methyl sites for hydroxylation is 2. The average molecular weight is 274 g/mol. The van der Waals surface area contributed by atoms with Crippen molar-refractivity contribution in [3.63, 3.8) is 0 Å². The summed E-state index contributed by atoms with van der Waals surface area (Å²) in [7, 11) is 0. The number of likely N-dealkylation sites (tertiary alicyclic amines) is 1. The Labute approximate surface area is 117 Å². The molecule has 6 nitrogen and oxygen atoms in total. The average Bonchev–Trinajstić information content (AvgIpc) is 2.76. The van der Waals surface area contributed by atoms with Crippen molar-refractivity contribution < 1.29 is 9.90 Å². The molecule has 1 saturated heterocycles. The Morgan fingerprint density at radius 2 is 2.15 bits per heavy atom. The molecule has 0 radical (unpaired) electrons. The lowest BCUT2D eigenvalue weighted by atomic mass is 9.90. The Morgan fingerprint density at radius 1 is 1.45 bits per heavy atom. The second-order valence-electron chi connectivity index (χ2n) is 5.55. The lowest BCUT2D eigenvalue weighted by Crippen LogP contribution is -2.63. The molecule has 1 N–H and O–H groups in total. The van der Waals surface area contributed by atoms with Crippen molar-refractivity contribution in [1.82, 2.24) is 19.5 Å². The van der Waals surface area contributed by atoms with Gasteiger partial charge in [-0.3, -0.25) is 4.79 Å². The number of carbonyl (C=O) groups is 1. The third kappa shape index (κ3) is 1.87. The molecule has 6 heteroatoms. The van der Waals surface area contributed by atoms with E-state index in [2.05, 4.69) is 10.1 Å². The predicted octanol–water partition coefficient (Wildman–Crippen LogP) is 0.943. The van der Waals surface area contributed by atoms with E-state index in [1.54, 1.807) is 15.6 Å². The topological polar surface area (TPSA) is 70.7 Å². The summed E-state index contributed by atoms with van der Waals surface area (Å²) >= 11 is 0. The first-order valence-corrected chi connectivity index (χ1v) is 6.77. The standard InChI is InChI=1S/C14H18N4O2/c1-4-14(20)7-17(8-14)13(19)11-6-15-12-5-9(2)16-18(12)10(11)3/h5-6,20H,4,7-8H2,1-3H3. The van der Waals surface area contributed by atoms with Crippen LogP contribution in [0.2, 0.25) is 0 Å². The van der Waals surface area contributed by atoms with Gasteiger partial charge < -0.3 is 10.0 Å². The Balaban J connectivity index is 1.91. The second kappa shape index (κ2) is 4.28. The summed E-state index contributed by atoms with van der Waals surface area (Å²) in [6.07, 6.45) is 2.25. The van der Waals surface area contributed by atoms with Gasteiger partial charge in [-0.05, 0) is 20.3 Å². The Hall–Kier alpha value is -1.95. The first kappa shape index (κ1) is 13.1. The minimum atomic E-state index is -0.719. The van der Waals surface area contributed by atoms with Crippen LogP contribution >= 0.6 is 0 Å². The molecule has 0 atom stereocenters. The third-order valence-corrected chi connectivity index (χ3v) is 3.99. The predicted molar refractivity (Wildman–Crippen MR) is 73.6 cm³/mol. The molecule has 0 spiro atoms. The Bertz CT molecular complexity index is 686. The van der Waals surface area contributed by atoms with E-state index in [9.17, 15) is 9.90 Å². The van der Waals surface area contributed by atoms with Gasteiger partial charge in [0, 0.05) is 12.3 Å². The van der Waals surface area contributed by atoms with Gasteiger partial charge in [-0.15, -0.1) is 0 Å². The zero-order valence-electron chi connectivity index (χ0n) is 11.9. The first-order valence-electron chi connectivity index (χ1n) is 6.77. The van der Waals surface area contributed by atoms with Gasteiger partial charge in [0.05, 0.1) is 35.6 Å². The molecule has 3 rings (SSSR count). The third-order valence-electron chi connectivity index (χ3n) is 3.99. The van der Waals surface area contributed by atoms with Crippen molar-refractivity contribution in [2.75, 3.05) is 13.1 Å². The van der Waals surface area contributed by atoms with E-state index in [0.29, 0.717) is 25.1 Å². The number of aliphatic hydroxyl groups is 1. The van der Waals surface area contributed by atoms with Crippen molar-refractivity contribution >= 4 is 11.6 Å². The molecular weight excluding hydrogens is 256 g/mol. The lowest BCUT2D eigenvalue weighted by Gasteiger charge is -2.46. The van der Waals surface area contributed by atoms with Crippen LogP contribution in [-0.4, -0.2) is 49.2 Å². The van der Waals surface area contributed by atoms with Crippen LogP contribution in [0, 0.1) is 13.8 Å². The van der Waals surface area contributed by atoms with Gasteiger partial charge in [-0.1, -0.05) is 6.92 Å². The van der Waals surface area contributed by atoms with E-state index in [0.717, 1.165) is 17.0 Å². The fourth-order valence-electron chi connectivity index (χ4n) is 2.57. The minimum absolute atomic E-state index is 0.0943. The van der Waals surface area contributed by atoms with Crippen LogP contribution in [-0.2, 0) is 0 Å². The number of amides is 1. The maximum atomic E-state index is 12.4. The van der Waals surface area contributed by atoms with Crippen molar-refractivity contribution in [2.24, 2.45) is 0 Å². The van der Waals surface area contributed by atoms with Crippen LogP contribution in [0.15, 0.2) is 12.3 Å². The second-order valence-corrected chi connectivity index (χ2v) is 5.55. The number of nitrogens with zero attached hydrogens (tertiary/aromatic N) is 4. The minimum Gasteiger partial charge on any atom is -0.386 e. The highest BCUT2D eigenvalue weighted by Crippen LogP contribution is 2.26. The van der Waals surface area contributed by atoms with E-state index in [-0.39, 0.29) is 5.91 Å². The molecule has 0 aliphatic carbocycles. The fourth-order valence-corrected chi connectivity index (χ4v) is 2.57. The number of aromatic nitrogens is 3. The first-order chi connectivity index (χ1) is 9.43. The fraction of sp³-hybridized carbons (Fsp3) is 0.500. The van der Waals surface area contributed by atoms with E-state index in [1.807, 2.05) is 26.8 Å². The van der Waals surface area contributed by atoms with Crippen molar-refractivity contribution in [1.29, 1.82) is 0 Å². The number of rotatable bonds is 2. The summed E-state index contributed by atoms with van der Waals surface area (Å²) < 4.78 is 1.69. The van der Waals surface area contributed by atoms with E-state index >= 15 is 0 Å². The number of hydrogen-bond donors (Lipinski definition) is 1. The summed E-state index contributed by atoms with van der Waals surface area (Å²) in [5, 5.41) is 14.3. The van der Waals surface area contributed by atoms with Crippen LogP contribution in [0.5, 0.6) is 0 Å². The molecule has 1 fully saturated rings. The zero-order valence-corrected chi connectivity index (χ0v) is 11.9. The van der Waals surface area contributed by atoms with E-state index < -0.39 is 5.60 Å². The molecule has 1 aliphatic heterocycles. The molecule has 2 aromatic rings. The summed E-state index contributed by atoms with van der Waals surface area (Å²) in [5.74, 6) is -0.0943. The Kier molecular flexibility index (Phi) is 2.79. The van der Waals surface area contributed by atoms with E-state index in [4.69, 9.17) is 0 Å². The van der Waals surface area contributed by atoms with Gasteiger partial charge in [0.2, 0.25) is 0 Å². The molecule has 3 heterocycles. The normalized spacial score (nSPS) is 17.3. The summed E-state index contributed by atoms with van der Waals surface area (Å²) in [6.45, 7) is 6.45. The van der Waals surface area contributed by atoms with Crippen molar-refractivity contribution in [2.45, 2.75) is 32.8 Å². The summed E-state index contributed by atoms with van der Waals surface area (Å²) in [5.41, 5.74) is 2.21. The van der Waals surface area contributed by atoms with Gasteiger partial charge in [-0.2, -0.15) is 5.10 Å². The highest BCUT2D eigenvalue weighted by Gasteiger charge is 2.42. The van der Waals surface area contributed by atoms with Crippen LogP contribution in [0.4, 0.5) is 0 Å². The maximum Gasteiger partial charge on any atom is 0.257 e. The Morgan fingerprint density at radius 3 is 2.80 bits per heavy atom. The van der Waals surface area contributed by atoms with Crippen molar-refractivity contribution in [3.8, 4) is 0 Å². The summed E-state index contributed by atoms with van der Waals surface area (Å²) in [6, 6.07) is 1.88. The highest BCUT2D eigenvalue weighted by atomic mass is 16.3.